The van der Waals surface area contributed by atoms with Crippen LogP contribution in [0.15, 0.2) is 29.2 Å². The molecule has 0 aromatic heterocycles. The van der Waals surface area contributed by atoms with E-state index in [9.17, 15) is 23.4 Å². The number of carbonyl (C=O) groups is 1. The summed E-state index contributed by atoms with van der Waals surface area (Å²) in [7, 11) is -3.85. The molecule has 1 amide bonds. The summed E-state index contributed by atoms with van der Waals surface area (Å²) >= 11 is 0. The Bertz CT molecular complexity index is 659. The highest BCUT2D eigenvalue weighted by Crippen LogP contribution is 2.37. The summed E-state index contributed by atoms with van der Waals surface area (Å²) < 4.78 is 27.5. The number of amides is 1. The lowest BCUT2D eigenvalue weighted by Gasteiger charge is -2.24. The minimum atomic E-state index is -3.85. The maximum Gasteiger partial charge on any atom is 0.240 e. The van der Waals surface area contributed by atoms with E-state index in [1.807, 2.05) is 6.92 Å². The second kappa shape index (κ2) is 6.96. The standard InChI is InChI=1S/C15H22N2O5S/c1-9-2-4-12(5-3-9)23(21,22)17-14-11(8-19)6-10(7-18)13(14)15(16)20/h2-5,10-11,13-14,17-19H,6-8H2,1H3,(H2,16,20)/t10-,11+,13+,14+/m0/s1. The third kappa shape index (κ3) is 3.72. The zero-order chi connectivity index (χ0) is 17.2. The van der Waals surface area contributed by atoms with Crippen LogP contribution in [0.25, 0.3) is 0 Å². The number of aryl methyl sites for hydroxylation is 1. The van der Waals surface area contributed by atoms with Gasteiger partial charge in [-0.05, 0) is 37.3 Å². The molecule has 0 saturated heterocycles. The Morgan fingerprint density at radius 1 is 1.22 bits per heavy atom. The number of hydrogen-bond donors (Lipinski definition) is 4. The third-order valence-corrected chi connectivity index (χ3v) is 5.90. The molecular weight excluding hydrogens is 320 g/mol. The molecule has 1 aliphatic rings. The molecule has 0 unspecified atom stereocenters. The van der Waals surface area contributed by atoms with E-state index in [0.717, 1.165) is 5.56 Å². The lowest BCUT2D eigenvalue weighted by atomic mass is 9.93. The second-order valence-corrected chi connectivity index (χ2v) is 7.72. The number of carbonyl (C=O) groups excluding carboxylic acids is 1. The van der Waals surface area contributed by atoms with E-state index in [0.29, 0.717) is 6.42 Å². The minimum Gasteiger partial charge on any atom is -0.396 e. The van der Waals surface area contributed by atoms with E-state index in [2.05, 4.69) is 4.72 Å². The molecule has 1 aliphatic carbocycles. The highest BCUT2D eigenvalue weighted by molar-refractivity contribution is 7.89. The van der Waals surface area contributed by atoms with E-state index >= 15 is 0 Å². The molecule has 1 aromatic carbocycles. The molecule has 5 N–H and O–H groups in total. The van der Waals surface area contributed by atoms with Crippen LogP contribution in [0.1, 0.15) is 12.0 Å². The van der Waals surface area contributed by atoms with Crippen molar-refractivity contribution in [3.8, 4) is 0 Å². The minimum absolute atomic E-state index is 0.0791. The first-order valence-corrected chi connectivity index (χ1v) is 8.88. The Hall–Kier alpha value is -1.48. The largest absolute Gasteiger partial charge is 0.396 e. The molecule has 4 atom stereocenters. The van der Waals surface area contributed by atoms with Crippen molar-refractivity contribution in [2.24, 2.45) is 23.5 Å². The summed E-state index contributed by atoms with van der Waals surface area (Å²) in [5.41, 5.74) is 6.31. The van der Waals surface area contributed by atoms with Gasteiger partial charge in [0.05, 0.1) is 10.8 Å². The van der Waals surface area contributed by atoms with Gasteiger partial charge in [-0.1, -0.05) is 17.7 Å². The Balaban J connectivity index is 2.30. The molecule has 0 heterocycles. The molecule has 23 heavy (non-hydrogen) atoms. The van der Waals surface area contributed by atoms with Crippen LogP contribution in [0.2, 0.25) is 0 Å². The van der Waals surface area contributed by atoms with Gasteiger partial charge in [-0.15, -0.1) is 0 Å². The van der Waals surface area contributed by atoms with Gasteiger partial charge < -0.3 is 15.9 Å². The molecule has 2 rings (SSSR count). The van der Waals surface area contributed by atoms with Crippen LogP contribution in [0, 0.1) is 24.7 Å². The van der Waals surface area contributed by atoms with Crippen molar-refractivity contribution >= 4 is 15.9 Å². The summed E-state index contributed by atoms with van der Waals surface area (Å²) in [5, 5.41) is 18.9. The zero-order valence-corrected chi connectivity index (χ0v) is 13.7. The van der Waals surface area contributed by atoms with Gasteiger partial charge in [0.1, 0.15) is 0 Å². The molecule has 0 spiro atoms. The molecule has 0 aliphatic heterocycles. The first-order chi connectivity index (χ1) is 10.8. The van der Waals surface area contributed by atoms with E-state index in [1.165, 1.54) is 12.1 Å². The fourth-order valence-corrected chi connectivity index (χ4v) is 4.52. The molecule has 1 aromatic rings. The van der Waals surface area contributed by atoms with Crippen LogP contribution >= 0.6 is 0 Å². The number of aliphatic hydroxyl groups excluding tert-OH is 2. The molecule has 0 radical (unpaired) electrons. The van der Waals surface area contributed by atoms with E-state index in [1.54, 1.807) is 12.1 Å². The van der Waals surface area contributed by atoms with Crippen molar-refractivity contribution in [3.63, 3.8) is 0 Å². The van der Waals surface area contributed by atoms with Crippen LogP contribution < -0.4 is 10.5 Å². The first kappa shape index (κ1) is 17.9. The predicted octanol–water partition coefficient (Wildman–Crippen LogP) is -0.636. The summed E-state index contributed by atoms with van der Waals surface area (Å²) in [6.07, 6.45) is 0.335. The van der Waals surface area contributed by atoms with Crippen molar-refractivity contribution in [2.45, 2.75) is 24.3 Å². The number of hydrogen-bond acceptors (Lipinski definition) is 5. The lowest BCUT2D eigenvalue weighted by molar-refractivity contribution is -0.123. The molecule has 1 saturated carbocycles. The van der Waals surface area contributed by atoms with Crippen molar-refractivity contribution < 1.29 is 23.4 Å². The monoisotopic (exact) mass is 342 g/mol. The van der Waals surface area contributed by atoms with E-state index < -0.39 is 39.7 Å². The van der Waals surface area contributed by atoms with Gasteiger partial charge in [0.25, 0.3) is 0 Å². The summed E-state index contributed by atoms with van der Waals surface area (Å²) in [4.78, 5) is 11.8. The van der Waals surface area contributed by atoms with Crippen molar-refractivity contribution in [3.05, 3.63) is 29.8 Å². The molecule has 128 valence electrons. The fourth-order valence-electron chi connectivity index (χ4n) is 3.19. The number of benzene rings is 1. The average molecular weight is 342 g/mol. The first-order valence-electron chi connectivity index (χ1n) is 7.40. The zero-order valence-electron chi connectivity index (χ0n) is 12.8. The average Bonchev–Trinajstić information content (AvgIpc) is 2.84. The molecule has 1 fully saturated rings. The van der Waals surface area contributed by atoms with E-state index in [4.69, 9.17) is 5.73 Å². The Morgan fingerprint density at radius 3 is 2.26 bits per heavy atom. The van der Waals surface area contributed by atoms with Gasteiger partial charge in [-0.2, -0.15) is 0 Å². The molecule has 0 bridgehead atoms. The Kier molecular flexibility index (Phi) is 5.41. The maximum absolute atomic E-state index is 12.5. The second-order valence-electron chi connectivity index (χ2n) is 6.01. The van der Waals surface area contributed by atoms with Gasteiger partial charge in [0.2, 0.25) is 15.9 Å². The van der Waals surface area contributed by atoms with Crippen molar-refractivity contribution in [1.82, 2.24) is 4.72 Å². The number of primary amides is 1. The molecule has 8 heteroatoms. The van der Waals surface area contributed by atoms with Gasteiger partial charge in [-0.25, -0.2) is 13.1 Å². The predicted molar refractivity (Wildman–Crippen MR) is 83.7 cm³/mol. The number of sulfonamides is 1. The number of aliphatic hydroxyl groups is 2. The van der Waals surface area contributed by atoms with Gasteiger partial charge in [0, 0.05) is 19.3 Å². The number of nitrogens with one attached hydrogen (secondary N) is 1. The van der Waals surface area contributed by atoms with Crippen LogP contribution in [0.5, 0.6) is 0 Å². The SMILES string of the molecule is Cc1ccc(S(=O)(=O)N[C@@H]2[C@@H](CO)C[C@@H](CO)[C@H]2C(N)=O)cc1. The normalized spacial score (nSPS) is 28.0. The molecular formula is C15H22N2O5S. The quantitative estimate of drug-likeness (QED) is 0.547. The summed E-state index contributed by atoms with van der Waals surface area (Å²) in [6.45, 7) is 1.27. The number of nitrogens with two attached hydrogens (primary N) is 1. The highest BCUT2D eigenvalue weighted by atomic mass is 32.2. The van der Waals surface area contributed by atoms with Crippen LogP contribution in [0.3, 0.4) is 0 Å². The van der Waals surface area contributed by atoms with Crippen LogP contribution in [0.4, 0.5) is 0 Å². The van der Waals surface area contributed by atoms with Gasteiger partial charge in [0.15, 0.2) is 0 Å². The van der Waals surface area contributed by atoms with Crippen molar-refractivity contribution in [2.75, 3.05) is 13.2 Å². The summed E-state index contributed by atoms with van der Waals surface area (Å²) in [6, 6.07) is 5.47. The Labute approximate surface area is 135 Å². The van der Waals surface area contributed by atoms with E-state index in [-0.39, 0.29) is 18.1 Å². The maximum atomic E-state index is 12.5. The van der Waals surface area contributed by atoms with Gasteiger partial charge >= 0.3 is 0 Å². The lowest BCUT2D eigenvalue weighted by Crippen LogP contribution is -2.47. The highest BCUT2D eigenvalue weighted by Gasteiger charge is 2.47. The van der Waals surface area contributed by atoms with Crippen LogP contribution in [-0.2, 0) is 14.8 Å². The van der Waals surface area contributed by atoms with Crippen LogP contribution in [-0.4, -0.2) is 43.8 Å². The Morgan fingerprint density at radius 2 is 1.78 bits per heavy atom. The smallest absolute Gasteiger partial charge is 0.240 e. The fraction of sp³-hybridized carbons (Fsp3) is 0.533. The molecule has 7 nitrogen and oxygen atoms in total. The number of rotatable bonds is 6. The third-order valence-electron chi connectivity index (χ3n) is 4.43. The summed E-state index contributed by atoms with van der Waals surface area (Å²) in [5.74, 6) is -2.46. The van der Waals surface area contributed by atoms with Gasteiger partial charge in [-0.3, -0.25) is 4.79 Å². The van der Waals surface area contributed by atoms with Crippen molar-refractivity contribution in [1.29, 1.82) is 0 Å². The topological polar surface area (TPSA) is 130 Å².